The molecule has 0 radical (unpaired) electrons. The Hall–Kier alpha value is -3.08. The van der Waals surface area contributed by atoms with Crippen molar-refractivity contribution in [1.29, 1.82) is 0 Å². The van der Waals surface area contributed by atoms with Crippen molar-refractivity contribution in [2.75, 3.05) is 7.05 Å². The molecule has 0 bridgehead atoms. The summed E-state index contributed by atoms with van der Waals surface area (Å²) in [6, 6.07) is 1.97. The molecule has 1 unspecified atom stereocenters. The van der Waals surface area contributed by atoms with E-state index in [-0.39, 0.29) is 13.0 Å². The van der Waals surface area contributed by atoms with Crippen molar-refractivity contribution < 1.29 is 18.0 Å². The number of carbonyl (C=O) groups excluding carboxylic acids is 1. The van der Waals surface area contributed by atoms with E-state index in [0.717, 1.165) is 18.2 Å². The van der Waals surface area contributed by atoms with Crippen molar-refractivity contribution in [2.45, 2.75) is 57.9 Å². The Morgan fingerprint density at radius 3 is 2.52 bits per heavy atom. The number of nitrogens with two attached hydrogens (primary N) is 2. The number of hydrogen-bond acceptors (Lipinski definition) is 5. The van der Waals surface area contributed by atoms with Gasteiger partial charge < -0.3 is 21.4 Å². The van der Waals surface area contributed by atoms with Gasteiger partial charge in [-0.3, -0.25) is 14.5 Å². The van der Waals surface area contributed by atoms with Gasteiger partial charge in [-0.15, -0.1) is 0 Å². The molecule has 0 aliphatic carbocycles. The quantitative estimate of drug-likeness (QED) is 0.492. The minimum absolute atomic E-state index is 0.00320. The summed E-state index contributed by atoms with van der Waals surface area (Å²) in [5.41, 5.74) is 12.1. The minimum Gasteiger partial charge on any atom is -0.404 e. The molecule has 2 rings (SSSR count). The number of nitrogens with one attached hydrogen (secondary N) is 1. The zero-order valence-corrected chi connectivity index (χ0v) is 19.6. The standard InChI is InChI=1S/C22H32F3N7O/c1-6-16-8-15(12-31(16)5)18-9-19(22(23,24)25)30-32(18)13-21(2,3)29-20(33)17(27)7-14(10-26)11-28-4/h8-12,17H,6-7,13,26-27H2,1-5H3,(H,29,33)/b14-10-,28-11?. The van der Waals surface area contributed by atoms with Crippen LogP contribution in [0.15, 0.2) is 35.1 Å². The number of alkyl halides is 3. The van der Waals surface area contributed by atoms with E-state index in [2.05, 4.69) is 15.4 Å². The monoisotopic (exact) mass is 467 g/mol. The van der Waals surface area contributed by atoms with Crippen LogP contribution in [0.4, 0.5) is 13.2 Å². The maximum atomic E-state index is 13.4. The third-order valence-electron chi connectivity index (χ3n) is 5.14. The van der Waals surface area contributed by atoms with E-state index in [1.807, 2.05) is 24.6 Å². The Morgan fingerprint density at radius 1 is 1.33 bits per heavy atom. The Morgan fingerprint density at radius 2 is 2.00 bits per heavy atom. The van der Waals surface area contributed by atoms with Crippen LogP contribution in [0.2, 0.25) is 0 Å². The van der Waals surface area contributed by atoms with Crippen molar-refractivity contribution in [3.05, 3.63) is 41.5 Å². The van der Waals surface area contributed by atoms with Crippen LogP contribution in [-0.2, 0) is 31.0 Å². The third-order valence-corrected chi connectivity index (χ3v) is 5.14. The normalized spacial score (nSPS) is 14.2. The highest BCUT2D eigenvalue weighted by Gasteiger charge is 2.36. The predicted molar refractivity (Wildman–Crippen MR) is 123 cm³/mol. The largest absolute Gasteiger partial charge is 0.435 e. The van der Waals surface area contributed by atoms with Gasteiger partial charge in [-0.05, 0) is 50.6 Å². The van der Waals surface area contributed by atoms with E-state index in [1.54, 1.807) is 27.1 Å². The zero-order valence-electron chi connectivity index (χ0n) is 19.6. The van der Waals surface area contributed by atoms with Crippen LogP contribution in [0.1, 0.15) is 38.6 Å². The highest BCUT2D eigenvalue weighted by Crippen LogP contribution is 2.33. The van der Waals surface area contributed by atoms with Crippen LogP contribution < -0.4 is 16.8 Å². The maximum absolute atomic E-state index is 13.4. The number of carbonyl (C=O) groups is 1. The number of nitrogens with zero attached hydrogens (tertiary/aromatic N) is 4. The van der Waals surface area contributed by atoms with Gasteiger partial charge in [0.25, 0.3) is 0 Å². The zero-order chi connectivity index (χ0) is 25.0. The lowest BCUT2D eigenvalue weighted by Crippen LogP contribution is -2.52. The number of amides is 1. The molecule has 8 nitrogen and oxygen atoms in total. The average Bonchev–Trinajstić information content (AvgIpc) is 3.29. The van der Waals surface area contributed by atoms with Crippen molar-refractivity contribution in [2.24, 2.45) is 23.5 Å². The molecule has 0 saturated carbocycles. The second-order valence-electron chi connectivity index (χ2n) is 8.57. The molecule has 182 valence electrons. The first kappa shape index (κ1) is 26.2. The van der Waals surface area contributed by atoms with Gasteiger partial charge in [0, 0.05) is 37.8 Å². The summed E-state index contributed by atoms with van der Waals surface area (Å²) in [5, 5.41) is 6.61. The molecule has 0 fully saturated rings. The summed E-state index contributed by atoms with van der Waals surface area (Å²) in [4.78, 5) is 16.5. The minimum atomic E-state index is -4.59. The topological polar surface area (TPSA) is 116 Å². The molecule has 2 heterocycles. The fourth-order valence-electron chi connectivity index (χ4n) is 3.53. The van der Waals surface area contributed by atoms with Gasteiger partial charge in [0.15, 0.2) is 5.69 Å². The molecule has 0 aliphatic rings. The Balaban J connectivity index is 2.30. The number of aryl methyl sites for hydroxylation is 2. The van der Waals surface area contributed by atoms with Gasteiger partial charge in [-0.25, -0.2) is 0 Å². The lowest BCUT2D eigenvalue weighted by atomic mass is 10.0. The van der Waals surface area contributed by atoms with Gasteiger partial charge in [0.1, 0.15) is 0 Å². The molecule has 0 aromatic carbocycles. The van der Waals surface area contributed by atoms with Crippen LogP contribution in [0.25, 0.3) is 11.3 Å². The molecule has 1 atom stereocenters. The second-order valence-corrected chi connectivity index (χ2v) is 8.57. The second kappa shape index (κ2) is 10.2. The van der Waals surface area contributed by atoms with Gasteiger partial charge >= 0.3 is 6.18 Å². The molecular formula is C22H32F3N7O. The fraction of sp³-hybridized carbons (Fsp3) is 0.500. The SMILES string of the molecule is CCc1cc(-c2cc(C(F)(F)F)nn2CC(C)(C)NC(=O)C(N)C/C(C=NC)=C/N)cn1C. The smallest absolute Gasteiger partial charge is 0.404 e. The van der Waals surface area contributed by atoms with E-state index in [0.29, 0.717) is 16.8 Å². The molecule has 5 N–H and O–H groups in total. The molecule has 2 aromatic rings. The van der Waals surface area contributed by atoms with E-state index < -0.39 is 29.4 Å². The third kappa shape index (κ3) is 6.70. The number of aliphatic imine (C=N–C) groups is 1. The van der Waals surface area contributed by atoms with Gasteiger partial charge in [-0.1, -0.05) is 6.92 Å². The lowest BCUT2D eigenvalue weighted by molar-refractivity contribution is -0.141. The molecule has 1 amide bonds. The maximum Gasteiger partial charge on any atom is 0.435 e. The number of hydrogen-bond donors (Lipinski definition) is 3. The Bertz CT molecular complexity index is 1030. The van der Waals surface area contributed by atoms with Crippen LogP contribution in [0.5, 0.6) is 0 Å². The summed E-state index contributed by atoms with van der Waals surface area (Å²) in [6.07, 6.45) is 0.915. The lowest BCUT2D eigenvalue weighted by Gasteiger charge is -2.28. The first-order valence-corrected chi connectivity index (χ1v) is 10.5. The van der Waals surface area contributed by atoms with E-state index in [4.69, 9.17) is 11.5 Å². The molecule has 2 aromatic heterocycles. The highest BCUT2D eigenvalue weighted by atomic mass is 19.4. The first-order chi connectivity index (χ1) is 15.3. The molecule has 33 heavy (non-hydrogen) atoms. The molecule has 0 spiro atoms. The molecule has 11 heteroatoms. The number of halogens is 3. The van der Waals surface area contributed by atoms with Crippen LogP contribution in [-0.4, -0.2) is 45.1 Å². The molecular weight excluding hydrogens is 435 g/mol. The predicted octanol–water partition coefficient (Wildman–Crippen LogP) is 2.63. The Kier molecular flexibility index (Phi) is 8.12. The summed E-state index contributed by atoms with van der Waals surface area (Å²) in [5.74, 6) is -0.457. The molecule has 0 saturated heterocycles. The number of rotatable bonds is 9. The van der Waals surface area contributed by atoms with Crippen LogP contribution in [0.3, 0.4) is 0 Å². The van der Waals surface area contributed by atoms with Crippen LogP contribution >= 0.6 is 0 Å². The van der Waals surface area contributed by atoms with E-state index in [1.165, 1.54) is 17.1 Å². The summed E-state index contributed by atoms with van der Waals surface area (Å²) in [6.45, 7) is 5.37. The first-order valence-electron chi connectivity index (χ1n) is 10.5. The van der Waals surface area contributed by atoms with Crippen molar-refractivity contribution in [3.8, 4) is 11.3 Å². The highest BCUT2D eigenvalue weighted by molar-refractivity contribution is 5.85. The summed E-state index contributed by atoms with van der Waals surface area (Å²) >= 11 is 0. The van der Waals surface area contributed by atoms with Crippen molar-refractivity contribution in [1.82, 2.24) is 19.7 Å². The molecule has 0 aliphatic heterocycles. The average molecular weight is 468 g/mol. The van der Waals surface area contributed by atoms with Crippen molar-refractivity contribution in [3.63, 3.8) is 0 Å². The number of aromatic nitrogens is 3. The van der Waals surface area contributed by atoms with Gasteiger partial charge in [0.05, 0.1) is 23.8 Å². The van der Waals surface area contributed by atoms with Gasteiger partial charge in [-0.2, -0.15) is 18.3 Å². The summed E-state index contributed by atoms with van der Waals surface area (Å²) < 4.78 is 43.4. The van der Waals surface area contributed by atoms with Crippen molar-refractivity contribution >= 4 is 12.1 Å². The van der Waals surface area contributed by atoms with E-state index >= 15 is 0 Å². The van der Waals surface area contributed by atoms with E-state index in [9.17, 15) is 18.0 Å². The fourth-order valence-corrected chi connectivity index (χ4v) is 3.53. The van der Waals surface area contributed by atoms with Crippen LogP contribution in [0, 0.1) is 0 Å². The van der Waals surface area contributed by atoms with Gasteiger partial charge in [0.2, 0.25) is 5.91 Å². The summed E-state index contributed by atoms with van der Waals surface area (Å²) in [7, 11) is 3.41. The Labute approximate surface area is 191 Å².